The molecule has 0 amide bonds. The molecular formula is C23H29NO6S. The predicted molar refractivity (Wildman–Crippen MR) is 117 cm³/mol. The van der Waals surface area contributed by atoms with Gasteiger partial charge in [0.25, 0.3) is 0 Å². The first-order valence-electron chi connectivity index (χ1n) is 10.3. The van der Waals surface area contributed by atoms with Gasteiger partial charge in [-0.3, -0.25) is 9.69 Å². The summed E-state index contributed by atoms with van der Waals surface area (Å²) in [6.45, 7) is 2.97. The lowest BCUT2D eigenvalue weighted by atomic mass is 9.88. The van der Waals surface area contributed by atoms with Crippen LogP contribution in [0.15, 0.2) is 53.4 Å². The second-order valence-corrected chi connectivity index (χ2v) is 10.1. The van der Waals surface area contributed by atoms with Crippen LogP contribution in [0.4, 0.5) is 0 Å². The van der Waals surface area contributed by atoms with E-state index in [1.54, 1.807) is 19.2 Å². The second kappa shape index (κ2) is 9.28. The molecule has 1 aliphatic heterocycles. The van der Waals surface area contributed by atoms with Gasteiger partial charge in [-0.1, -0.05) is 19.1 Å². The SMILES string of the molecule is CCC1CC(C(=O)O)(S(=O)(=O)c2ccc(OC)cc2)CCN1Cc1ccc(OC)cc1. The number of piperidine rings is 1. The van der Waals surface area contributed by atoms with Gasteiger partial charge in [0.05, 0.1) is 19.1 Å². The molecule has 1 N–H and O–H groups in total. The number of nitrogens with zero attached hydrogens (tertiary/aromatic N) is 1. The summed E-state index contributed by atoms with van der Waals surface area (Å²) in [5.74, 6) is -0.000138. The molecule has 0 saturated carbocycles. The third-order valence-electron chi connectivity index (χ3n) is 6.17. The van der Waals surface area contributed by atoms with Gasteiger partial charge in [0.2, 0.25) is 0 Å². The van der Waals surface area contributed by atoms with Crippen LogP contribution in [0.1, 0.15) is 31.7 Å². The van der Waals surface area contributed by atoms with Gasteiger partial charge in [-0.15, -0.1) is 0 Å². The molecule has 0 aromatic heterocycles. The Balaban J connectivity index is 1.87. The highest BCUT2D eigenvalue weighted by Crippen LogP contribution is 2.40. The first-order valence-corrected chi connectivity index (χ1v) is 11.7. The number of rotatable bonds is 8. The van der Waals surface area contributed by atoms with Crippen molar-refractivity contribution in [2.45, 2.75) is 48.4 Å². The number of methoxy groups -OCH3 is 2. The summed E-state index contributed by atoms with van der Waals surface area (Å²) < 4.78 is 35.4. The lowest BCUT2D eigenvalue weighted by Gasteiger charge is -2.43. The minimum absolute atomic E-state index is 0.00848. The molecule has 168 valence electrons. The van der Waals surface area contributed by atoms with Crippen molar-refractivity contribution < 1.29 is 27.8 Å². The largest absolute Gasteiger partial charge is 0.497 e. The zero-order chi connectivity index (χ0) is 22.6. The molecule has 1 fully saturated rings. The van der Waals surface area contributed by atoms with Gasteiger partial charge in [-0.05, 0) is 61.2 Å². The van der Waals surface area contributed by atoms with Gasteiger partial charge in [-0.25, -0.2) is 8.42 Å². The molecule has 8 heteroatoms. The maximum Gasteiger partial charge on any atom is 0.325 e. The number of ether oxygens (including phenoxy) is 2. The number of likely N-dealkylation sites (tertiary alicyclic amines) is 1. The highest BCUT2D eigenvalue weighted by atomic mass is 32.2. The normalized spacial score (nSPS) is 22.1. The average Bonchev–Trinajstić information content (AvgIpc) is 2.79. The topological polar surface area (TPSA) is 93.1 Å². The van der Waals surface area contributed by atoms with Crippen molar-refractivity contribution in [3.8, 4) is 11.5 Å². The van der Waals surface area contributed by atoms with Gasteiger partial charge in [0.1, 0.15) is 11.5 Å². The average molecular weight is 448 g/mol. The second-order valence-electron chi connectivity index (χ2n) is 7.81. The molecular weight excluding hydrogens is 418 g/mol. The van der Waals surface area contributed by atoms with E-state index in [0.717, 1.165) is 11.3 Å². The van der Waals surface area contributed by atoms with Crippen molar-refractivity contribution in [3.05, 3.63) is 54.1 Å². The minimum Gasteiger partial charge on any atom is -0.497 e. The summed E-state index contributed by atoms with van der Waals surface area (Å²) in [6.07, 6.45) is 0.732. The van der Waals surface area contributed by atoms with Crippen LogP contribution in [-0.4, -0.2) is 55.9 Å². The van der Waals surface area contributed by atoms with Gasteiger partial charge in [-0.2, -0.15) is 0 Å². The zero-order valence-corrected chi connectivity index (χ0v) is 18.9. The van der Waals surface area contributed by atoms with Crippen molar-refractivity contribution in [2.75, 3.05) is 20.8 Å². The van der Waals surface area contributed by atoms with Crippen LogP contribution in [0, 0.1) is 0 Å². The third kappa shape index (κ3) is 4.41. The molecule has 1 aliphatic rings. The van der Waals surface area contributed by atoms with Gasteiger partial charge in [0.15, 0.2) is 14.6 Å². The van der Waals surface area contributed by atoms with Crippen LogP contribution in [0.5, 0.6) is 11.5 Å². The Labute approximate surface area is 183 Å². The molecule has 2 aromatic carbocycles. The van der Waals surface area contributed by atoms with Crippen LogP contribution in [0.2, 0.25) is 0 Å². The van der Waals surface area contributed by atoms with E-state index < -0.39 is 20.6 Å². The summed E-state index contributed by atoms with van der Waals surface area (Å²) in [5.41, 5.74) is 1.07. The number of benzene rings is 2. The Morgan fingerprint density at radius 3 is 2.10 bits per heavy atom. The molecule has 0 radical (unpaired) electrons. The molecule has 2 atom stereocenters. The lowest BCUT2D eigenvalue weighted by molar-refractivity contribution is -0.142. The Bertz CT molecular complexity index is 1000. The molecule has 7 nitrogen and oxygen atoms in total. The number of hydrogen-bond acceptors (Lipinski definition) is 6. The quantitative estimate of drug-likeness (QED) is 0.663. The number of sulfone groups is 1. The lowest BCUT2D eigenvalue weighted by Crippen LogP contribution is -2.57. The first-order chi connectivity index (χ1) is 14.8. The minimum atomic E-state index is -4.09. The molecule has 1 heterocycles. The number of hydrogen-bond donors (Lipinski definition) is 1. The fraction of sp³-hybridized carbons (Fsp3) is 0.435. The first kappa shape index (κ1) is 23.1. The van der Waals surface area contributed by atoms with E-state index in [1.807, 2.05) is 31.2 Å². The summed E-state index contributed by atoms with van der Waals surface area (Å²) >= 11 is 0. The Morgan fingerprint density at radius 1 is 1.06 bits per heavy atom. The van der Waals surface area contributed by atoms with E-state index in [4.69, 9.17) is 9.47 Å². The van der Waals surface area contributed by atoms with Gasteiger partial charge >= 0.3 is 5.97 Å². The zero-order valence-electron chi connectivity index (χ0n) is 18.1. The van der Waals surface area contributed by atoms with Crippen LogP contribution in [0.3, 0.4) is 0 Å². The Kier molecular flexibility index (Phi) is 6.91. The van der Waals surface area contributed by atoms with Crippen molar-refractivity contribution >= 4 is 15.8 Å². The fourth-order valence-electron chi connectivity index (χ4n) is 4.23. The smallest absolute Gasteiger partial charge is 0.325 e. The van der Waals surface area contributed by atoms with Crippen LogP contribution in [0.25, 0.3) is 0 Å². The predicted octanol–water partition coefficient (Wildman–Crippen LogP) is 3.38. The van der Waals surface area contributed by atoms with Crippen LogP contribution < -0.4 is 9.47 Å². The van der Waals surface area contributed by atoms with E-state index in [9.17, 15) is 18.3 Å². The fourth-order valence-corrected chi connectivity index (χ4v) is 6.18. The molecule has 31 heavy (non-hydrogen) atoms. The number of carbonyl (C=O) groups is 1. The van der Waals surface area contributed by atoms with E-state index in [1.165, 1.54) is 19.2 Å². The summed E-state index contributed by atoms with van der Waals surface area (Å²) in [4.78, 5) is 14.6. The summed E-state index contributed by atoms with van der Waals surface area (Å²) in [6, 6.07) is 13.5. The maximum absolute atomic E-state index is 13.5. The van der Waals surface area contributed by atoms with Gasteiger partial charge < -0.3 is 14.6 Å². The number of carboxylic acids is 1. The van der Waals surface area contributed by atoms with E-state index >= 15 is 0 Å². The highest BCUT2D eigenvalue weighted by Gasteiger charge is 2.55. The monoisotopic (exact) mass is 447 g/mol. The third-order valence-corrected chi connectivity index (χ3v) is 8.64. The van der Waals surface area contributed by atoms with Crippen molar-refractivity contribution in [1.82, 2.24) is 4.90 Å². The van der Waals surface area contributed by atoms with E-state index in [2.05, 4.69) is 4.90 Å². The van der Waals surface area contributed by atoms with Crippen molar-refractivity contribution in [3.63, 3.8) is 0 Å². The van der Waals surface area contributed by atoms with E-state index in [-0.39, 0.29) is 23.8 Å². The maximum atomic E-state index is 13.5. The number of carboxylic acid groups (broad SMARTS) is 1. The van der Waals surface area contributed by atoms with E-state index in [0.29, 0.717) is 25.3 Å². The molecule has 0 aliphatic carbocycles. The highest BCUT2D eigenvalue weighted by molar-refractivity contribution is 7.93. The Morgan fingerprint density at radius 2 is 1.61 bits per heavy atom. The molecule has 1 saturated heterocycles. The van der Waals surface area contributed by atoms with Crippen LogP contribution >= 0.6 is 0 Å². The Hall–Kier alpha value is -2.58. The number of aliphatic carboxylic acids is 1. The molecule has 0 bridgehead atoms. The van der Waals surface area contributed by atoms with Crippen molar-refractivity contribution in [1.29, 1.82) is 0 Å². The molecule has 0 spiro atoms. The summed E-state index contributed by atoms with van der Waals surface area (Å²) in [7, 11) is -0.989. The molecule has 3 rings (SSSR count). The summed E-state index contributed by atoms with van der Waals surface area (Å²) in [5, 5.41) is 10.1. The molecule has 2 unspecified atom stereocenters. The van der Waals surface area contributed by atoms with Gasteiger partial charge in [0, 0.05) is 19.1 Å². The standard InChI is InChI=1S/C23H29NO6S/c1-4-18-15-23(22(25)26,31(27,28)21-11-9-20(30-3)10-12-21)13-14-24(18)16-17-5-7-19(29-2)8-6-17/h5-12,18H,4,13-16H2,1-3H3,(H,25,26). The molecule has 2 aromatic rings. The van der Waals surface area contributed by atoms with Crippen molar-refractivity contribution in [2.24, 2.45) is 0 Å². The van der Waals surface area contributed by atoms with Crippen LogP contribution in [-0.2, 0) is 21.2 Å².